The van der Waals surface area contributed by atoms with E-state index in [9.17, 15) is 8.42 Å². The summed E-state index contributed by atoms with van der Waals surface area (Å²) in [4.78, 5) is 0. The third-order valence-corrected chi connectivity index (χ3v) is 6.09. The minimum atomic E-state index is -2.89. The largest absolute Gasteiger partial charge is 0.496 e. The predicted molar refractivity (Wildman–Crippen MR) is 77.8 cm³/mol. The Morgan fingerprint density at radius 1 is 1.32 bits per heavy atom. The molecule has 5 heteroatoms. The number of hydrogen-bond donors (Lipinski definition) is 0. The van der Waals surface area contributed by atoms with Gasteiger partial charge in [-0.2, -0.15) is 0 Å². The monoisotopic (exact) mass is 302 g/mol. The van der Waals surface area contributed by atoms with Gasteiger partial charge in [-0.05, 0) is 42.9 Å². The molecule has 0 saturated carbocycles. The number of methoxy groups -OCH3 is 1. The van der Waals surface area contributed by atoms with Crippen molar-refractivity contribution in [2.45, 2.75) is 25.6 Å². The smallest absolute Gasteiger partial charge is 0.150 e. The van der Waals surface area contributed by atoms with Crippen molar-refractivity contribution in [3.05, 3.63) is 28.8 Å². The van der Waals surface area contributed by atoms with Crippen molar-refractivity contribution in [3.63, 3.8) is 0 Å². The quantitative estimate of drug-likeness (QED) is 0.806. The first kappa shape index (κ1) is 14.7. The first-order chi connectivity index (χ1) is 8.84. The van der Waals surface area contributed by atoms with Crippen LogP contribution < -0.4 is 4.74 Å². The first-order valence-corrected chi connectivity index (χ1v) is 8.59. The van der Waals surface area contributed by atoms with Gasteiger partial charge in [0.2, 0.25) is 0 Å². The fourth-order valence-corrected chi connectivity index (χ4v) is 5.08. The standard InChI is InChI=1S/C14H19ClO3S/c1-9-6-12(7-10(2)14(9)18-3)13(15)11-4-5-19(16,17)8-11/h6-7,11,13H,4-5,8H2,1-3H3. The van der Waals surface area contributed by atoms with Crippen molar-refractivity contribution in [3.8, 4) is 5.75 Å². The highest BCUT2D eigenvalue weighted by Crippen LogP contribution is 2.38. The molecule has 0 amide bonds. The maximum atomic E-state index is 11.5. The SMILES string of the molecule is COc1c(C)cc(C(Cl)C2CCS(=O)(=O)C2)cc1C. The number of ether oxygens (including phenoxy) is 1. The molecule has 1 aliphatic heterocycles. The summed E-state index contributed by atoms with van der Waals surface area (Å²) < 4.78 is 28.4. The lowest BCUT2D eigenvalue weighted by atomic mass is 9.95. The number of halogens is 1. The van der Waals surface area contributed by atoms with Crippen LogP contribution in [0.15, 0.2) is 12.1 Å². The van der Waals surface area contributed by atoms with E-state index < -0.39 is 9.84 Å². The Balaban J connectivity index is 2.28. The van der Waals surface area contributed by atoms with Crippen LogP contribution in [0.4, 0.5) is 0 Å². The molecule has 106 valence electrons. The molecule has 1 heterocycles. The lowest BCUT2D eigenvalue weighted by Crippen LogP contribution is -2.11. The van der Waals surface area contributed by atoms with Crippen molar-refractivity contribution >= 4 is 21.4 Å². The van der Waals surface area contributed by atoms with Gasteiger partial charge >= 0.3 is 0 Å². The number of benzene rings is 1. The average molecular weight is 303 g/mol. The number of sulfone groups is 1. The Kier molecular flexibility index (Phi) is 4.11. The normalized spacial score (nSPS) is 23.3. The predicted octanol–water partition coefficient (Wildman–Crippen LogP) is 3.03. The number of rotatable bonds is 3. The van der Waals surface area contributed by atoms with Crippen molar-refractivity contribution in [2.24, 2.45) is 5.92 Å². The fraction of sp³-hybridized carbons (Fsp3) is 0.571. The summed E-state index contributed by atoms with van der Waals surface area (Å²) in [5.41, 5.74) is 3.05. The van der Waals surface area contributed by atoms with Crippen molar-refractivity contribution in [2.75, 3.05) is 18.6 Å². The summed E-state index contributed by atoms with van der Waals surface area (Å²) in [7, 11) is -1.24. The molecular weight excluding hydrogens is 284 g/mol. The number of alkyl halides is 1. The van der Waals surface area contributed by atoms with Crippen LogP contribution in [0.3, 0.4) is 0 Å². The highest BCUT2D eigenvalue weighted by atomic mass is 35.5. The molecule has 3 nitrogen and oxygen atoms in total. The number of aryl methyl sites for hydroxylation is 2. The van der Waals surface area contributed by atoms with Crippen LogP contribution in [-0.4, -0.2) is 27.0 Å². The van der Waals surface area contributed by atoms with Crippen LogP contribution in [0.5, 0.6) is 5.75 Å². The van der Waals surface area contributed by atoms with E-state index in [0.29, 0.717) is 6.42 Å². The van der Waals surface area contributed by atoms with Gasteiger partial charge in [-0.1, -0.05) is 12.1 Å². The molecule has 2 rings (SSSR count). The molecule has 0 N–H and O–H groups in total. The van der Waals surface area contributed by atoms with E-state index in [0.717, 1.165) is 22.4 Å². The van der Waals surface area contributed by atoms with Crippen LogP contribution in [0.2, 0.25) is 0 Å². The molecule has 1 aliphatic rings. The summed E-state index contributed by atoms with van der Waals surface area (Å²) in [6.07, 6.45) is 0.653. The maximum Gasteiger partial charge on any atom is 0.150 e. The van der Waals surface area contributed by atoms with E-state index >= 15 is 0 Å². The van der Waals surface area contributed by atoms with Crippen LogP contribution in [0.1, 0.15) is 28.5 Å². The molecule has 2 atom stereocenters. The number of hydrogen-bond acceptors (Lipinski definition) is 3. The zero-order chi connectivity index (χ0) is 14.2. The van der Waals surface area contributed by atoms with Gasteiger partial charge in [0, 0.05) is 0 Å². The molecule has 1 saturated heterocycles. The van der Waals surface area contributed by atoms with E-state index in [1.54, 1.807) is 7.11 Å². The van der Waals surface area contributed by atoms with Crippen molar-refractivity contribution in [1.82, 2.24) is 0 Å². The Morgan fingerprint density at radius 3 is 2.32 bits per heavy atom. The molecule has 2 unspecified atom stereocenters. The summed E-state index contributed by atoms with van der Waals surface area (Å²) in [5, 5.41) is -0.249. The summed E-state index contributed by atoms with van der Waals surface area (Å²) in [6, 6.07) is 3.99. The maximum absolute atomic E-state index is 11.5. The molecule has 1 fully saturated rings. The lowest BCUT2D eigenvalue weighted by molar-refractivity contribution is 0.408. The van der Waals surface area contributed by atoms with E-state index in [1.165, 1.54) is 0 Å². The van der Waals surface area contributed by atoms with Crippen LogP contribution in [0.25, 0.3) is 0 Å². The van der Waals surface area contributed by atoms with Gasteiger partial charge < -0.3 is 4.74 Å². The van der Waals surface area contributed by atoms with Crippen LogP contribution >= 0.6 is 11.6 Å². The van der Waals surface area contributed by atoms with E-state index in [4.69, 9.17) is 16.3 Å². The zero-order valence-corrected chi connectivity index (χ0v) is 13.0. The Bertz CT molecular complexity index is 557. The van der Waals surface area contributed by atoms with Crippen molar-refractivity contribution in [1.29, 1.82) is 0 Å². The van der Waals surface area contributed by atoms with Gasteiger partial charge in [0.1, 0.15) is 5.75 Å². The van der Waals surface area contributed by atoms with E-state index in [2.05, 4.69) is 0 Å². The van der Waals surface area contributed by atoms with Gasteiger partial charge in [0.15, 0.2) is 9.84 Å². The molecule has 19 heavy (non-hydrogen) atoms. The summed E-state index contributed by atoms with van der Waals surface area (Å²) >= 11 is 6.47. The fourth-order valence-electron chi connectivity index (χ4n) is 2.79. The molecule has 1 aromatic carbocycles. The van der Waals surface area contributed by atoms with Gasteiger partial charge in [0.05, 0.1) is 24.0 Å². The Hall–Kier alpha value is -0.740. The first-order valence-electron chi connectivity index (χ1n) is 6.33. The third-order valence-electron chi connectivity index (χ3n) is 3.69. The molecule has 0 aromatic heterocycles. The molecule has 0 bridgehead atoms. The van der Waals surface area contributed by atoms with E-state index in [1.807, 2.05) is 26.0 Å². The van der Waals surface area contributed by atoms with Gasteiger partial charge in [-0.3, -0.25) is 0 Å². The second-order valence-electron chi connectivity index (χ2n) is 5.25. The molecule has 0 aliphatic carbocycles. The second-order valence-corrected chi connectivity index (χ2v) is 7.95. The van der Waals surface area contributed by atoms with Crippen LogP contribution in [0, 0.1) is 19.8 Å². The summed E-state index contributed by atoms with van der Waals surface area (Å²) in [6.45, 7) is 3.95. The highest BCUT2D eigenvalue weighted by Gasteiger charge is 2.33. The van der Waals surface area contributed by atoms with Gasteiger partial charge in [-0.15, -0.1) is 11.6 Å². The van der Waals surface area contributed by atoms with E-state index in [-0.39, 0.29) is 22.8 Å². The second kappa shape index (κ2) is 5.33. The van der Waals surface area contributed by atoms with Crippen molar-refractivity contribution < 1.29 is 13.2 Å². The molecule has 1 aromatic rings. The minimum Gasteiger partial charge on any atom is -0.496 e. The average Bonchev–Trinajstić information content (AvgIpc) is 2.68. The lowest BCUT2D eigenvalue weighted by Gasteiger charge is -2.19. The Labute approximate surface area is 119 Å². The zero-order valence-electron chi connectivity index (χ0n) is 11.4. The third kappa shape index (κ3) is 3.06. The van der Waals surface area contributed by atoms with Crippen LogP contribution in [-0.2, 0) is 9.84 Å². The topological polar surface area (TPSA) is 43.4 Å². The highest BCUT2D eigenvalue weighted by molar-refractivity contribution is 7.91. The minimum absolute atomic E-state index is 0.0128. The molecule has 0 spiro atoms. The van der Waals surface area contributed by atoms with Gasteiger partial charge in [-0.25, -0.2) is 8.42 Å². The Morgan fingerprint density at radius 2 is 1.89 bits per heavy atom. The molecule has 0 radical (unpaired) electrons. The molecular formula is C14H19ClO3S. The van der Waals surface area contributed by atoms with Gasteiger partial charge in [0.25, 0.3) is 0 Å². The summed E-state index contributed by atoms with van der Waals surface area (Å²) in [5.74, 6) is 1.34.